The molecule has 18 heavy (non-hydrogen) atoms. The SMILES string of the molecule is BrCC1(CSc2ccc3c(c2)CCC3)CCCC1. The van der Waals surface area contributed by atoms with Crippen molar-refractivity contribution in [1.29, 1.82) is 0 Å². The quantitative estimate of drug-likeness (QED) is 0.540. The second-order valence-corrected chi connectivity index (χ2v) is 7.52. The van der Waals surface area contributed by atoms with Gasteiger partial charge in [-0.3, -0.25) is 0 Å². The van der Waals surface area contributed by atoms with Gasteiger partial charge in [-0.2, -0.15) is 0 Å². The highest BCUT2D eigenvalue weighted by atomic mass is 79.9. The van der Waals surface area contributed by atoms with Crippen LogP contribution >= 0.6 is 27.7 Å². The number of rotatable bonds is 4. The van der Waals surface area contributed by atoms with Crippen molar-refractivity contribution in [3.05, 3.63) is 29.3 Å². The van der Waals surface area contributed by atoms with E-state index in [1.807, 2.05) is 0 Å². The lowest BCUT2D eigenvalue weighted by atomic mass is 9.92. The average molecular weight is 325 g/mol. The van der Waals surface area contributed by atoms with Crippen molar-refractivity contribution in [3.8, 4) is 0 Å². The first-order valence-electron chi connectivity index (χ1n) is 7.12. The van der Waals surface area contributed by atoms with E-state index in [1.165, 1.54) is 60.9 Å². The Morgan fingerprint density at radius 3 is 2.61 bits per heavy atom. The molecule has 0 radical (unpaired) electrons. The molecule has 1 saturated carbocycles. The molecule has 0 heterocycles. The molecule has 0 nitrogen and oxygen atoms in total. The zero-order valence-electron chi connectivity index (χ0n) is 10.9. The molecular weight excluding hydrogens is 304 g/mol. The van der Waals surface area contributed by atoms with E-state index in [9.17, 15) is 0 Å². The smallest absolute Gasteiger partial charge is 0.00959 e. The normalized spacial score (nSPS) is 21.2. The molecule has 0 saturated heterocycles. The first-order valence-corrected chi connectivity index (χ1v) is 9.23. The fourth-order valence-electron chi connectivity index (χ4n) is 3.32. The molecule has 0 atom stereocenters. The van der Waals surface area contributed by atoms with Crippen LogP contribution in [0.5, 0.6) is 0 Å². The molecule has 0 amide bonds. The van der Waals surface area contributed by atoms with Crippen LogP contribution in [-0.2, 0) is 12.8 Å². The summed E-state index contributed by atoms with van der Waals surface area (Å²) in [4.78, 5) is 1.49. The maximum atomic E-state index is 3.74. The van der Waals surface area contributed by atoms with Gasteiger partial charge in [0.1, 0.15) is 0 Å². The van der Waals surface area contributed by atoms with Crippen LogP contribution in [0, 0.1) is 5.41 Å². The number of benzene rings is 1. The monoisotopic (exact) mass is 324 g/mol. The van der Waals surface area contributed by atoms with E-state index in [4.69, 9.17) is 0 Å². The minimum absolute atomic E-state index is 0.573. The van der Waals surface area contributed by atoms with Gasteiger partial charge < -0.3 is 0 Å². The van der Waals surface area contributed by atoms with E-state index < -0.39 is 0 Å². The summed E-state index contributed by atoms with van der Waals surface area (Å²) in [5, 5.41) is 1.18. The average Bonchev–Trinajstić information content (AvgIpc) is 3.05. The molecule has 98 valence electrons. The predicted octanol–water partition coefficient (Wildman–Crippen LogP) is 5.22. The minimum Gasteiger partial charge on any atom is -0.126 e. The summed E-state index contributed by atoms with van der Waals surface area (Å²) in [5.74, 6) is 1.29. The molecule has 0 N–H and O–H groups in total. The third-order valence-electron chi connectivity index (χ3n) is 4.56. The van der Waals surface area contributed by atoms with Gasteiger partial charge in [0.2, 0.25) is 0 Å². The third-order valence-corrected chi connectivity index (χ3v) is 7.10. The van der Waals surface area contributed by atoms with Crippen molar-refractivity contribution in [2.24, 2.45) is 5.41 Å². The summed E-state index contributed by atoms with van der Waals surface area (Å²) in [6.45, 7) is 0. The molecule has 0 spiro atoms. The molecule has 0 aromatic heterocycles. The summed E-state index contributed by atoms with van der Waals surface area (Å²) in [6.07, 6.45) is 9.63. The summed E-state index contributed by atoms with van der Waals surface area (Å²) in [5.41, 5.74) is 3.78. The van der Waals surface area contributed by atoms with E-state index in [0.717, 1.165) is 0 Å². The van der Waals surface area contributed by atoms with Crippen LogP contribution in [0.1, 0.15) is 43.2 Å². The van der Waals surface area contributed by atoms with Gasteiger partial charge in [0.15, 0.2) is 0 Å². The van der Waals surface area contributed by atoms with Crippen LogP contribution in [0.15, 0.2) is 23.1 Å². The van der Waals surface area contributed by atoms with E-state index in [0.29, 0.717) is 5.41 Å². The largest absolute Gasteiger partial charge is 0.126 e. The zero-order valence-corrected chi connectivity index (χ0v) is 13.3. The highest BCUT2D eigenvalue weighted by Gasteiger charge is 2.32. The molecule has 1 aromatic carbocycles. The van der Waals surface area contributed by atoms with Crippen LogP contribution in [0.25, 0.3) is 0 Å². The van der Waals surface area contributed by atoms with Gasteiger partial charge in [0.25, 0.3) is 0 Å². The fraction of sp³-hybridized carbons (Fsp3) is 0.625. The second-order valence-electron chi connectivity index (χ2n) is 5.91. The molecule has 0 bridgehead atoms. The lowest BCUT2D eigenvalue weighted by molar-refractivity contribution is 0.405. The molecule has 3 rings (SSSR count). The van der Waals surface area contributed by atoms with E-state index in [1.54, 1.807) is 11.1 Å². The van der Waals surface area contributed by atoms with Gasteiger partial charge in [0.05, 0.1) is 0 Å². The number of aryl methyl sites for hydroxylation is 2. The Morgan fingerprint density at radius 1 is 1.06 bits per heavy atom. The number of hydrogen-bond donors (Lipinski definition) is 0. The van der Waals surface area contributed by atoms with Crippen molar-refractivity contribution in [1.82, 2.24) is 0 Å². The van der Waals surface area contributed by atoms with Gasteiger partial charge in [-0.1, -0.05) is 34.8 Å². The highest BCUT2D eigenvalue weighted by Crippen LogP contribution is 2.43. The molecule has 2 aliphatic rings. The van der Waals surface area contributed by atoms with Gasteiger partial charge in [-0.15, -0.1) is 11.8 Å². The zero-order chi connectivity index (χ0) is 12.4. The highest BCUT2D eigenvalue weighted by molar-refractivity contribution is 9.09. The Balaban J connectivity index is 1.66. The maximum Gasteiger partial charge on any atom is 0.00959 e. The molecule has 0 aliphatic heterocycles. The van der Waals surface area contributed by atoms with Crippen molar-refractivity contribution in [3.63, 3.8) is 0 Å². The standard InChI is InChI=1S/C16H21BrS/c17-11-16(8-1-2-9-16)12-18-15-7-6-13-4-3-5-14(13)10-15/h6-7,10H,1-5,8-9,11-12H2. The summed E-state index contributed by atoms with van der Waals surface area (Å²) in [7, 11) is 0. The molecule has 0 unspecified atom stereocenters. The van der Waals surface area contributed by atoms with Gasteiger partial charge in [-0.25, -0.2) is 0 Å². The Bertz CT molecular complexity index is 421. The van der Waals surface area contributed by atoms with E-state index in [-0.39, 0.29) is 0 Å². The second kappa shape index (κ2) is 5.58. The number of alkyl halides is 1. The first-order chi connectivity index (χ1) is 8.81. The number of thioether (sulfide) groups is 1. The lowest BCUT2D eigenvalue weighted by Gasteiger charge is -2.26. The fourth-order valence-corrected chi connectivity index (χ4v) is 5.59. The van der Waals surface area contributed by atoms with Crippen molar-refractivity contribution < 1.29 is 0 Å². The van der Waals surface area contributed by atoms with Gasteiger partial charge in [0, 0.05) is 16.0 Å². The first kappa shape index (κ1) is 13.1. The van der Waals surface area contributed by atoms with E-state index in [2.05, 4.69) is 45.9 Å². The number of halogens is 1. The Labute approximate surface area is 123 Å². The van der Waals surface area contributed by atoms with Crippen LogP contribution < -0.4 is 0 Å². The van der Waals surface area contributed by atoms with Gasteiger partial charge >= 0.3 is 0 Å². The van der Waals surface area contributed by atoms with E-state index >= 15 is 0 Å². The van der Waals surface area contributed by atoms with Crippen LogP contribution in [0.2, 0.25) is 0 Å². The molecule has 1 aromatic rings. The maximum absolute atomic E-state index is 3.74. The van der Waals surface area contributed by atoms with Crippen LogP contribution in [0.3, 0.4) is 0 Å². The summed E-state index contributed by atoms with van der Waals surface area (Å²) >= 11 is 5.82. The third kappa shape index (κ3) is 2.65. The summed E-state index contributed by atoms with van der Waals surface area (Å²) in [6, 6.07) is 7.15. The van der Waals surface area contributed by atoms with Crippen molar-refractivity contribution in [2.45, 2.75) is 49.8 Å². The Hall–Kier alpha value is 0.0500. The van der Waals surface area contributed by atoms with Crippen molar-refractivity contribution in [2.75, 3.05) is 11.1 Å². The molecule has 2 heteroatoms. The number of fused-ring (bicyclic) bond motifs is 1. The Morgan fingerprint density at radius 2 is 1.83 bits per heavy atom. The van der Waals surface area contributed by atoms with Crippen LogP contribution in [0.4, 0.5) is 0 Å². The predicted molar refractivity (Wildman–Crippen MR) is 83.9 cm³/mol. The molecule has 1 fully saturated rings. The van der Waals surface area contributed by atoms with Crippen LogP contribution in [-0.4, -0.2) is 11.1 Å². The Kier molecular flexibility index (Phi) is 4.05. The number of hydrogen-bond acceptors (Lipinski definition) is 1. The lowest BCUT2D eigenvalue weighted by Crippen LogP contribution is -2.21. The topological polar surface area (TPSA) is 0 Å². The summed E-state index contributed by atoms with van der Waals surface area (Å²) < 4.78 is 0. The van der Waals surface area contributed by atoms with Gasteiger partial charge in [-0.05, 0) is 60.8 Å². The molecule has 2 aliphatic carbocycles. The molecular formula is C16H21BrS. The minimum atomic E-state index is 0.573. The van der Waals surface area contributed by atoms with Crippen molar-refractivity contribution >= 4 is 27.7 Å².